The molecule has 14 aromatic rings. The summed E-state index contributed by atoms with van der Waals surface area (Å²) in [5.74, 6) is 1.67. The van der Waals surface area contributed by atoms with Crippen LogP contribution in [0.25, 0.3) is 128 Å². The number of nitrogens with zero attached hydrogens (tertiary/aromatic N) is 6. The van der Waals surface area contributed by atoms with Gasteiger partial charge >= 0.3 is 0 Å². The second-order valence-electron chi connectivity index (χ2n) is 22.5. The van der Waals surface area contributed by atoms with Gasteiger partial charge in [0.1, 0.15) is 0 Å². The first kappa shape index (κ1) is 46.2. The van der Waals surface area contributed by atoms with Crippen molar-refractivity contribution in [2.75, 3.05) is 0 Å². The number of fused-ring (bicyclic) bond motifs is 9. The SMILES string of the molecule is CC(C)(C)c1ccc2c(c1)c1cc(C(C)(C)C)ccc1n2-c1ccccc1-c1nc(-c2ccccc2-n2c3ccccc3c3ccccc32)nc(-n2c3ccc(-c4ccccc4)cc3c3cc(-c4ccccc4)ccc32)n1. The monoisotopic (exact) mass is 992 g/mol. The number of para-hydroxylation sites is 4. The van der Waals surface area contributed by atoms with Gasteiger partial charge in [-0.25, -0.2) is 4.98 Å². The Labute approximate surface area is 448 Å². The third kappa shape index (κ3) is 7.65. The maximum absolute atomic E-state index is 5.67. The van der Waals surface area contributed by atoms with Gasteiger partial charge in [-0.3, -0.25) is 4.57 Å². The molecule has 10 aromatic carbocycles. The second-order valence-corrected chi connectivity index (χ2v) is 22.5. The van der Waals surface area contributed by atoms with E-state index in [1.807, 2.05) is 0 Å². The first-order valence-electron chi connectivity index (χ1n) is 26.7. The summed E-state index contributed by atoms with van der Waals surface area (Å²) in [4.78, 5) is 17.0. The van der Waals surface area contributed by atoms with Crippen LogP contribution in [0.3, 0.4) is 0 Å². The summed E-state index contributed by atoms with van der Waals surface area (Å²) in [6, 6.07) is 83.3. The predicted molar refractivity (Wildman–Crippen MR) is 322 cm³/mol. The van der Waals surface area contributed by atoms with Crippen LogP contribution in [0.15, 0.2) is 231 Å². The molecule has 77 heavy (non-hydrogen) atoms. The Morgan fingerprint density at radius 3 is 1.06 bits per heavy atom. The molecule has 0 aliphatic heterocycles. The fraction of sp³-hybridized carbons (Fsp3) is 0.113. The van der Waals surface area contributed by atoms with E-state index in [0.717, 1.165) is 88.6 Å². The van der Waals surface area contributed by atoms with Crippen LogP contribution < -0.4 is 0 Å². The molecule has 0 radical (unpaired) electrons. The molecule has 0 aliphatic carbocycles. The molecule has 0 saturated carbocycles. The van der Waals surface area contributed by atoms with Gasteiger partial charge in [-0.2, -0.15) is 9.97 Å². The van der Waals surface area contributed by atoms with Crippen LogP contribution in [-0.2, 0) is 10.8 Å². The van der Waals surface area contributed by atoms with Crippen LogP contribution in [0.4, 0.5) is 0 Å². The van der Waals surface area contributed by atoms with Gasteiger partial charge in [-0.15, -0.1) is 0 Å². The molecule has 0 N–H and O–H groups in total. The Balaban J connectivity index is 1.07. The van der Waals surface area contributed by atoms with Gasteiger partial charge in [0.2, 0.25) is 5.95 Å². The van der Waals surface area contributed by atoms with E-state index in [9.17, 15) is 0 Å². The second kappa shape index (κ2) is 17.6. The van der Waals surface area contributed by atoms with E-state index in [4.69, 9.17) is 15.0 Å². The van der Waals surface area contributed by atoms with Gasteiger partial charge in [0.25, 0.3) is 0 Å². The molecular weight excluding hydrogens is 937 g/mol. The number of hydrogen-bond acceptors (Lipinski definition) is 3. The van der Waals surface area contributed by atoms with Gasteiger partial charge < -0.3 is 9.13 Å². The Kier molecular flexibility index (Phi) is 10.6. The minimum atomic E-state index is -0.0333. The number of hydrogen-bond donors (Lipinski definition) is 0. The van der Waals surface area contributed by atoms with Crippen molar-refractivity contribution in [1.29, 1.82) is 0 Å². The summed E-state index contributed by atoms with van der Waals surface area (Å²) < 4.78 is 7.03. The highest BCUT2D eigenvalue weighted by molar-refractivity contribution is 6.13. The van der Waals surface area contributed by atoms with Gasteiger partial charge in [0.15, 0.2) is 11.6 Å². The third-order valence-corrected chi connectivity index (χ3v) is 15.7. The molecule has 0 bridgehead atoms. The number of aromatic nitrogens is 6. The average Bonchev–Trinajstić information content (AvgIpc) is 4.13. The van der Waals surface area contributed by atoms with Crippen LogP contribution in [0.5, 0.6) is 0 Å². The third-order valence-electron chi connectivity index (χ3n) is 15.7. The maximum Gasteiger partial charge on any atom is 0.238 e. The average molecular weight is 993 g/mol. The van der Waals surface area contributed by atoms with Crippen molar-refractivity contribution in [3.8, 4) is 62.4 Å². The lowest BCUT2D eigenvalue weighted by molar-refractivity contribution is 0.590. The lowest BCUT2D eigenvalue weighted by Gasteiger charge is -2.19. The standard InChI is InChI=1S/C71H56N6/c1-70(2,3)49-35-39-63-57(43-49)58-44-50(71(4,5)6)36-40-64(58)76(63)62-32-20-16-28-54(62)68-72-67(53-27-15-19-31-61(53)75-59-29-17-13-25-51(59)52-26-14-18-30-60(52)75)73-69(74-68)77-65-37-33-47(45-21-9-7-10-22-45)41-55(65)56-42-48(34-38-66(56)77)46-23-11-8-12-24-46/h7-44H,1-6H3. The van der Waals surface area contributed by atoms with Gasteiger partial charge in [-0.1, -0.05) is 187 Å². The molecule has 6 heteroatoms. The summed E-state index contributed by atoms with van der Waals surface area (Å²) >= 11 is 0. The largest absolute Gasteiger partial charge is 0.309 e. The topological polar surface area (TPSA) is 53.5 Å². The molecule has 0 aliphatic rings. The van der Waals surface area contributed by atoms with E-state index < -0.39 is 0 Å². The lowest BCUT2D eigenvalue weighted by Crippen LogP contribution is -2.10. The van der Waals surface area contributed by atoms with Crippen molar-refractivity contribution in [3.63, 3.8) is 0 Å². The smallest absolute Gasteiger partial charge is 0.238 e. The Morgan fingerprint density at radius 2 is 0.623 bits per heavy atom. The first-order chi connectivity index (χ1) is 37.5. The molecule has 6 nitrogen and oxygen atoms in total. The molecule has 0 spiro atoms. The van der Waals surface area contributed by atoms with Crippen molar-refractivity contribution in [2.24, 2.45) is 0 Å². The van der Waals surface area contributed by atoms with Gasteiger partial charge in [0.05, 0.1) is 44.5 Å². The van der Waals surface area contributed by atoms with Gasteiger partial charge in [0, 0.05) is 43.4 Å². The molecule has 4 heterocycles. The Morgan fingerprint density at radius 1 is 0.273 bits per heavy atom. The van der Waals surface area contributed by atoms with E-state index >= 15 is 0 Å². The molecule has 370 valence electrons. The first-order valence-corrected chi connectivity index (χ1v) is 26.7. The highest BCUT2D eigenvalue weighted by Crippen LogP contribution is 2.43. The molecular formula is C71H56N6. The normalized spacial score (nSPS) is 12.3. The molecule has 0 unspecified atom stereocenters. The predicted octanol–water partition coefficient (Wildman–Crippen LogP) is 18.4. The lowest BCUT2D eigenvalue weighted by atomic mass is 9.85. The Bertz CT molecular complexity index is 4420. The van der Waals surface area contributed by atoms with E-state index in [1.165, 1.54) is 32.7 Å². The fourth-order valence-electron chi connectivity index (χ4n) is 11.7. The highest BCUT2D eigenvalue weighted by atomic mass is 15.2. The van der Waals surface area contributed by atoms with Crippen molar-refractivity contribution in [1.82, 2.24) is 28.7 Å². The molecule has 14 rings (SSSR count). The minimum absolute atomic E-state index is 0.0333. The van der Waals surface area contributed by atoms with Crippen LogP contribution in [0.1, 0.15) is 52.7 Å². The van der Waals surface area contributed by atoms with Crippen LogP contribution in [-0.4, -0.2) is 28.7 Å². The summed E-state index contributed by atoms with van der Waals surface area (Å²) in [6.45, 7) is 13.8. The summed E-state index contributed by atoms with van der Waals surface area (Å²) in [6.07, 6.45) is 0. The van der Waals surface area contributed by atoms with Crippen molar-refractivity contribution in [2.45, 2.75) is 52.4 Å². The Hall–Kier alpha value is -9.39. The molecule has 4 aromatic heterocycles. The molecule has 0 atom stereocenters. The van der Waals surface area contributed by atoms with Crippen molar-refractivity contribution in [3.05, 3.63) is 242 Å². The fourth-order valence-corrected chi connectivity index (χ4v) is 11.7. The summed E-state index contributed by atoms with van der Waals surface area (Å²) in [7, 11) is 0. The zero-order chi connectivity index (χ0) is 52.2. The van der Waals surface area contributed by atoms with E-state index in [0.29, 0.717) is 17.6 Å². The highest BCUT2D eigenvalue weighted by Gasteiger charge is 2.26. The van der Waals surface area contributed by atoms with Crippen LogP contribution in [0.2, 0.25) is 0 Å². The molecule has 0 fully saturated rings. The molecule has 0 saturated heterocycles. The summed E-state index contributed by atoms with van der Waals surface area (Å²) in [5.41, 5.74) is 17.4. The zero-order valence-electron chi connectivity index (χ0n) is 44.1. The summed E-state index contributed by atoms with van der Waals surface area (Å²) in [5, 5.41) is 7.05. The number of benzene rings is 10. The van der Waals surface area contributed by atoms with Crippen molar-refractivity contribution >= 4 is 65.4 Å². The van der Waals surface area contributed by atoms with Gasteiger partial charge in [-0.05, 0) is 129 Å². The molecule has 0 amide bonds. The minimum Gasteiger partial charge on any atom is -0.309 e. The van der Waals surface area contributed by atoms with E-state index in [1.54, 1.807) is 0 Å². The zero-order valence-corrected chi connectivity index (χ0v) is 44.1. The van der Waals surface area contributed by atoms with E-state index in [-0.39, 0.29) is 10.8 Å². The van der Waals surface area contributed by atoms with Crippen molar-refractivity contribution < 1.29 is 0 Å². The maximum atomic E-state index is 5.67. The van der Waals surface area contributed by atoms with Crippen LogP contribution >= 0.6 is 0 Å². The quantitative estimate of drug-likeness (QED) is 0.160. The number of rotatable bonds is 7. The van der Waals surface area contributed by atoms with Crippen LogP contribution in [0, 0.1) is 0 Å². The van der Waals surface area contributed by atoms with E-state index in [2.05, 4.69) is 286 Å².